The van der Waals surface area contributed by atoms with E-state index in [-0.39, 0.29) is 0 Å². The van der Waals surface area contributed by atoms with Crippen molar-refractivity contribution in [2.45, 2.75) is 65.8 Å². The van der Waals surface area contributed by atoms with E-state index in [1.165, 1.54) is 20.0 Å². The molecule has 20 heavy (non-hydrogen) atoms. The highest BCUT2D eigenvalue weighted by Gasteiger charge is 2.34. The topological polar surface area (TPSA) is 64.6 Å². The normalized spacial score (nSPS) is 12.7. The molecule has 5 nitrogen and oxygen atoms in total. The average molecular weight is 287 g/mol. The number of nitrogens with one attached hydrogen (secondary N) is 1. The van der Waals surface area contributed by atoms with E-state index in [0.29, 0.717) is 6.61 Å². The van der Waals surface area contributed by atoms with Gasteiger partial charge in [0.05, 0.1) is 13.7 Å². The van der Waals surface area contributed by atoms with Gasteiger partial charge in [-0.15, -0.1) is 0 Å². The molecular formula is C15H29NO4. The summed E-state index contributed by atoms with van der Waals surface area (Å²) in [6.07, 6.45) is 4.87. The van der Waals surface area contributed by atoms with Crippen molar-refractivity contribution in [2.75, 3.05) is 13.7 Å². The lowest BCUT2D eigenvalue weighted by Crippen LogP contribution is -2.49. The van der Waals surface area contributed by atoms with Crippen LogP contribution in [-0.2, 0) is 14.3 Å². The van der Waals surface area contributed by atoms with Crippen molar-refractivity contribution in [3.8, 4) is 0 Å². The van der Waals surface area contributed by atoms with Gasteiger partial charge in [0.1, 0.15) is 6.04 Å². The zero-order valence-corrected chi connectivity index (χ0v) is 13.5. The third-order valence-corrected chi connectivity index (χ3v) is 3.04. The van der Waals surface area contributed by atoms with E-state index in [2.05, 4.69) is 17.0 Å². The Balaban J connectivity index is 4.19. The lowest BCUT2D eigenvalue weighted by molar-refractivity contribution is -0.149. The summed E-state index contributed by atoms with van der Waals surface area (Å²) in [5, 5.41) is 2.53. The number of ether oxygens (including phenoxy) is 2. The lowest BCUT2D eigenvalue weighted by atomic mass is 9.87. The van der Waals surface area contributed by atoms with Gasteiger partial charge in [-0.2, -0.15) is 0 Å². The van der Waals surface area contributed by atoms with E-state index in [1.807, 2.05) is 20.8 Å². The first-order chi connectivity index (χ1) is 9.32. The summed E-state index contributed by atoms with van der Waals surface area (Å²) < 4.78 is 9.79. The SMILES string of the molecule is CCCCCCCOC(=O)C(NC(=O)OC)C(C)(C)C. The highest BCUT2D eigenvalue weighted by atomic mass is 16.5. The molecule has 118 valence electrons. The van der Waals surface area contributed by atoms with Gasteiger partial charge in [-0.3, -0.25) is 0 Å². The smallest absolute Gasteiger partial charge is 0.407 e. The molecule has 1 unspecified atom stereocenters. The number of rotatable bonds is 8. The number of methoxy groups -OCH3 is 1. The van der Waals surface area contributed by atoms with Crippen LogP contribution in [0, 0.1) is 5.41 Å². The van der Waals surface area contributed by atoms with Gasteiger partial charge in [0.25, 0.3) is 0 Å². The Hall–Kier alpha value is -1.26. The van der Waals surface area contributed by atoms with Crippen LogP contribution in [0.2, 0.25) is 0 Å². The number of amides is 1. The van der Waals surface area contributed by atoms with Crippen molar-refractivity contribution < 1.29 is 19.1 Å². The van der Waals surface area contributed by atoms with Crippen LogP contribution < -0.4 is 5.32 Å². The molecule has 0 aliphatic carbocycles. The highest BCUT2D eigenvalue weighted by molar-refractivity contribution is 5.82. The number of hydrogen-bond donors (Lipinski definition) is 1. The fraction of sp³-hybridized carbons (Fsp3) is 0.867. The molecule has 0 aromatic carbocycles. The van der Waals surface area contributed by atoms with Gasteiger partial charge in [0.2, 0.25) is 0 Å². The van der Waals surface area contributed by atoms with Gasteiger partial charge < -0.3 is 14.8 Å². The molecule has 0 aliphatic rings. The van der Waals surface area contributed by atoms with Crippen molar-refractivity contribution in [3.05, 3.63) is 0 Å². The number of carbonyl (C=O) groups is 2. The lowest BCUT2D eigenvalue weighted by Gasteiger charge is -2.28. The van der Waals surface area contributed by atoms with E-state index in [0.717, 1.165) is 19.3 Å². The molecule has 1 N–H and O–H groups in total. The van der Waals surface area contributed by atoms with Gasteiger partial charge in [-0.25, -0.2) is 9.59 Å². The third-order valence-electron chi connectivity index (χ3n) is 3.04. The largest absolute Gasteiger partial charge is 0.464 e. The fourth-order valence-electron chi connectivity index (χ4n) is 1.77. The van der Waals surface area contributed by atoms with Gasteiger partial charge in [0, 0.05) is 0 Å². The van der Waals surface area contributed by atoms with Crippen molar-refractivity contribution in [1.82, 2.24) is 5.32 Å². The number of alkyl carbamates (subject to hydrolysis) is 1. The second-order valence-corrected chi connectivity index (χ2v) is 6.02. The van der Waals surface area contributed by atoms with Gasteiger partial charge in [-0.1, -0.05) is 53.4 Å². The minimum absolute atomic E-state index is 0.401. The number of unbranched alkanes of at least 4 members (excludes halogenated alkanes) is 4. The first-order valence-corrected chi connectivity index (χ1v) is 7.34. The number of esters is 1. The maximum atomic E-state index is 12.0. The number of carbonyl (C=O) groups excluding carboxylic acids is 2. The summed E-state index contributed by atoms with van der Waals surface area (Å²) in [4.78, 5) is 23.3. The quantitative estimate of drug-likeness (QED) is 0.549. The molecule has 0 rings (SSSR count). The second-order valence-electron chi connectivity index (χ2n) is 6.02. The van der Waals surface area contributed by atoms with E-state index in [1.54, 1.807) is 0 Å². The van der Waals surface area contributed by atoms with Crippen LogP contribution >= 0.6 is 0 Å². The monoisotopic (exact) mass is 287 g/mol. The Morgan fingerprint density at radius 2 is 1.70 bits per heavy atom. The van der Waals surface area contributed by atoms with Crippen LogP contribution in [0.3, 0.4) is 0 Å². The van der Waals surface area contributed by atoms with E-state index < -0.39 is 23.5 Å². The van der Waals surface area contributed by atoms with Crippen LogP contribution in [-0.4, -0.2) is 31.8 Å². The molecule has 0 aliphatic heterocycles. The summed E-state index contributed by atoms with van der Waals surface area (Å²) >= 11 is 0. The standard InChI is InChI=1S/C15H29NO4/c1-6-7-8-9-10-11-20-13(17)12(15(2,3)4)16-14(18)19-5/h12H,6-11H2,1-5H3,(H,16,18). The molecule has 0 radical (unpaired) electrons. The molecule has 0 saturated carbocycles. The summed E-state index contributed by atoms with van der Waals surface area (Å²) in [6.45, 7) is 8.17. The van der Waals surface area contributed by atoms with Crippen molar-refractivity contribution in [1.29, 1.82) is 0 Å². The first-order valence-electron chi connectivity index (χ1n) is 7.34. The minimum Gasteiger partial charge on any atom is -0.464 e. The molecular weight excluding hydrogens is 258 g/mol. The molecule has 1 atom stereocenters. The van der Waals surface area contributed by atoms with Crippen LogP contribution in [0.5, 0.6) is 0 Å². The Morgan fingerprint density at radius 1 is 1.10 bits per heavy atom. The van der Waals surface area contributed by atoms with Gasteiger partial charge in [-0.05, 0) is 11.8 Å². The zero-order chi connectivity index (χ0) is 15.6. The maximum absolute atomic E-state index is 12.0. The van der Waals surface area contributed by atoms with Crippen LogP contribution in [0.15, 0.2) is 0 Å². The Kier molecular flexibility index (Phi) is 9.01. The molecule has 0 fully saturated rings. The summed E-state index contributed by atoms with van der Waals surface area (Å²) in [7, 11) is 1.27. The molecule has 0 heterocycles. The summed E-state index contributed by atoms with van der Waals surface area (Å²) in [5.74, 6) is -0.404. The third kappa shape index (κ3) is 8.02. The molecule has 0 aromatic rings. The molecule has 1 amide bonds. The van der Waals surface area contributed by atoms with Crippen molar-refractivity contribution in [3.63, 3.8) is 0 Å². The zero-order valence-electron chi connectivity index (χ0n) is 13.5. The predicted molar refractivity (Wildman–Crippen MR) is 78.5 cm³/mol. The van der Waals surface area contributed by atoms with Gasteiger partial charge in [0.15, 0.2) is 0 Å². The Morgan fingerprint density at radius 3 is 2.20 bits per heavy atom. The number of hydrogen-bond acceptors (Lipinski definition) is 4. The van der Waals surface area contributed by atoms with E-state index in [4.69, 9.17) is 4.74 Å². The van der Waals surface area contributed by atoms with Crippen LogP contribution in [0.25, 0.3) is 0 Å². The average Bonchev–Trinajstić information content (AvgIpc) is 2.38. The molecule has 5 heteroatoms. The van der Waals surface area contributed by atoms with E-state index >= 15 is 0 Å². The second kappa shape index (κ2) is 9.61. The molecule has 0 aromatic heterocycles. The predicted octanol–water partition coefficient (Wildman–Crippen LogP) is 3.27. The maximum Gasteiger partial charge on any atom is 0.407 e. The molecule has 0 saturated heterocycles. The summed E-state index contributed by atoms with van der Waals surface area (Å²) in [5.41, 5.74) is -0.423. The fourth-order valence-corrected chi connectivity index (χ4v) is 1.77. The Bertz CT molecular complexity index is 297. The molecule has 0 spiro atoms. The summed E-state index contributed by atoms with van der Waals surface area (Å²) in [6, 6.07) is -0.703. The van der Waals surface area contributed by atoms with E-state index in [9.17, 15) is 9.59 Å². The molecule has 0 bridgehead atoms. The van der Waals surface area contributed by atoms with Crippen molar-refractivity contribution in [2.24, 2.45) is 5.41 Å². The van der Waals surface area contributed by atoms with Crippen molar-refractivity contribution >= 4 is 12.1 Å². The van der Waals surface area contributed by atoms with Crippen LogP contribution in [0.4, 0.5) is 4.79 Å². The highest BCUT2D eigenvalue weighted by Crippen LogP contribution is 2.20. The van der Waals surface area contributed by atoms with Gasteiger partial charge >= 0.3 is 12.1 Å². The Labute approximate surface area is 122 Å². The first kappa shape index (κ1) is 18.7. The minimum atomic E-state index is -0.703. The van der Waals surface area contributed by atoms with Crippen LogP contribution in [0.1, 0.15) is 59.8 Å².